The third-order valence-electron chi connectivity index (χ3n) is 6.96. The van der Waals surface area contributed by atoms with Gasteiger partial charge in [0.1, 0.15) is 5.75 Å². The molecule has 0 spiro atoms. The van der Waals surface area contributed by atoms with Gasteiger partial charge in [0.2, 0.25) is 11.8 Å². The maximum absolute atomic E-state index is 13.2. The molecule has 2 saturated carbocycles. The molecular formula is C24H19NO4. The second-order valence-electron chi connectivity index (χ2n) is 8.42. The van der Waals surface area contributed by atoms with Crippen molar-refractivity contribution in [1.29, 1.82) is 0 Å². The lowest BCUT2D eigenvalue weighted by molar-refractivity contribution is -0.124. The maximum atomic E-state index is 13.2. The zero-order valence-corrected chi connectivity index (χ0v) is 15.6. The van der Waals surface area contributed by atoms with Gasteiger partial charge in [0.15, 0.2) is 0 Å². The number of carbonyl (C=O) groups excluding carboxylic acids is 3. The molecule has 5 nitrogen and oxygen atoms in total. The molecular weight excluding hydrogens is 366 g/mol. The smallest absolute Gasteiger partial charge is 0.343 e. The molecule has 2 aromatic rings. The molecule has 1 saturated heterocycles. The summed E-state index contributed by atoms with van der Waals surface area (Å²) in [6.07, 6.45) is 5.46. The van der Waals surface area contributed by atoms with E-state index in [1.807, 2.05) is 6.07 Å². The summed E-state index contributed by atoms with van der Waals surface area (Å²) in [5.41, 5.74) is 0.917. The number of amides is 2. The minimum Gasteiger partial charge on any atom is -0.423 e. The topological polar surface area (TPSA) is 63.7 Å². The molecule has 0 aromatic heterocycles. The third kappa shape index (κ3) is 2.36. The molecule has 4 aliphatic carbocycles. The van der Waals surface area contributed by atoms with Crippen LogP contribution < -0.4 is 9.64 Å². The van der Waals surface area contributed by atoms with Crippen molar-refractivity contribution in [1.82, 2.24) is 0 Å². The predicted octanol–water partition coefficient (Wildman–Crippen LogP) is 3.46. The molecule has 5 heteroatoms. The minimum atomic E-state index is -0.474. The number of hydrogen-bond acceptors (Lipinski definition) is 4. The second kappa shape index (κ2) is 5.89. The average Bonchev–Trinajstić information content (AvgIpc) is 3.52. The summed E-state index contributed by atoms with van der Waals surface area (Å²) in [4.78, 5) is 40.1. The maximum Gasteiger partial charge on any atom is 0.343 e. The van der Waals surface area contributed by atoms with Gasteiger partial charge in [0, 0.05) is 6.07 Å². The molecule has 29 heavy (non-hydrogen) atoms. The van der Waals surface area contributed by atoms with E-state index in [0.717, 1.165) is 6.42 Å². The quantitative estimate of drug-likeness (QED) is 0.351. The van der Waals surface area contributed by atoms with Crippen molar-refractivity contribution in [3.63, 3.8) is 0 Å². The summed E-state index contributed by atoms with van der Waals surface area (Å²) in [6.45, 7) is 0. The Morgan fingerprint density at radius 1 is 0.862 bits per heavy atom. The summed E-state index contributed by atoms with van der Waals surface area (Å²) >= 11 is 0. The Labute approximate surface area is 168 Å². The lowest BCUT2D eigenvalue weighted by Crippen LogP contribution is -2.40. The zero-order chi connectivity index (χ0) is 19.7. The van der Waals surface area contributed by atoms with E-state index in [2.05, 4.69) is 12.2 Å². The fourth-order valence-corrected chi connectivity index (χ4v) is 5.64. The van der Waals surface area contributed by atoms with Gasteiger partial charge >= 0.3 is 5.97 Å². The van der Waals surface area contributed by atoms with Crippen LogP contribution in [0.4, 0.5) is 5.69 Å². The molecule has 144 valence electrons. The number of hydrogen-bond donors (Lipinski definition) is 0. The molecule has 7 rings (SSSR count). The van der Waals surface area contributed by atoms with Gasteiger partial charge in [-0.25, -0.2) is 9.69 Å². The number of imide groups is 1. The number of allylic oxidation sites excluding steroid dienone is 2. The van der Waals surface area contributed by atoms with Gasteiger partial charge in [-0.1, -0.05) is 36.4 Å². The first-order valence-electron chi connectivity index (χ1n) is 10.1. The fourth-order valence-electron chi connectivity index (χ4n) is 5.64. The van der Waals surface area contributed by atoms with Gasteiger partial charge in [-0.3, -0.25) is 9.59 Å². The standard InChI is InChI=1S/C24H19NO4/c26-22-20-16-9-10-17(19-12-18(16)19)21(20)23(27)25(22)14-7-4-8-15(11-14)29-24(28)13-5-2-1-3-6-13/h1-11,16-21H,12H2/t16-,17-,18-,19-,20-,21+/m0/s1. The summed E-state index contributed by atoms with van der Waals surface area (Å²) in [6, 6.07) is 15.4. The number of ether oxygens (including phenoxy) is 1. The van der Waals surface area contributed by atoms with Crippen molar-refractivity contribution < 1.29 is 19.1 Å². The van der Waals surface area contributed by atoms with Crippen LogP contribution in [0.5, 0.6) is 5.75 Å². The van der Waals surface area contributed by atoms with Crippen LogP contribution in [0.1, 0.15) is 16.8 Å². The van der Waals surface area contributed by atoms with Crippen LogP contribution in [0, 0.1) is 35.5 Å². The molecule has 1 aliphatic heterocycles. The normalized spacial score (nSPS) is 33.4. The molecule has 0 N–H and O–H groups in total. The van der Waals surface area contributed by atoms with Gasteiger partial charge in [-0.2, -0.15) is 0 Å². The van der Waals surface area contributed by atoms with Gasteiger partial charge in [0.25, 0.3) is 0 Å². The molecule has 2 bridgehead atoms. The van der Waals surface area contributed by atoms with E-state index in [9.17, 15) is 14.4 Å². The van der Waals surface area contributed by atoms with Crippen molar-refractivity contribution in [2.75, 3.05) is 4.90 Å². The van der Waals surface area contributed by atoms with Crippen LogP contribution in [-0.2, 0) is 9.59 Å². The Bertz CT molecular complexity index is 1040. The van der Waals surface area contributed by atoms with E-state index in [0.29, 0.717) is 28.8 Å². The number of rotatable bonds is 3. The minimum absolute atomic E-state index is 0.115. The number of anilines is 1. The first-order chi connectivity index (χ1) is 14.1. The first kappa shape index (κ1) is 16.7. The SMILES string of the molecule is O=C(Oc1cccc(N2C(=O)[C@@H]3[C@H]4C=C[C@@H]([C@@H]5C[C@@H]45)[C@@H]3C2=O)c1)c1ccccc1. The van der Waals surface area contributed by atoms with E-state index in [-0.39, 0.29) is 35.5 Å². The first-order valence-corrected chi connectivity index (χ1v) is 10.1. The van der Waals surface area contributed by atoms with Crippen LogP contribution in [-0.4, -0.2) is 17.8 Å². The summed E-state index contributed by atoms with van der Waals surface area (Å²) in [5.74, 6) is 0.655. The molecule has 2 amide bonds. The molecule has 1 heterocycles. The van der Waals surface area contributed by atoms with Crippen LogP contribution >= 0.6 is 0 Å². The largest absolute Gasteiger partial charge is 0.423 e. The highest BCUT2D eigenvalue weighted by Crippen LogP contribution is 2.65. The highest BCUT2D eigenvalue weighted by molar-refractivity contribution is 6.22. The molecule has 6 atom stereocenters. The molecule has 0 radical (unpaired) electrons. The Hall–Kier alpha value is -3.21. The number of carbonyl (C=O) groups is 3. The van der Waals surface area contributed by atoms with E-state index in [4.69, 9.17) is 4.74 Å². The summed E-state index contributed by atoms with van der Waals surface area (Å²) in [7, 11) is 0. The van der Waals surface area contributed by atoms with Gasteiger partial charge in [0.05, 0.1) is 23.1 Å². The van der Waals surface area contributed by atoms with Crippen molar-refractivity contribution in [2.45, 2.75) is 6.42 Å². The predicted molar refractivity (Wildman–Crippen MR) is 105 cm³/mol. The Kier molecular flexibility index (Phi) is 3.40. The van der Waals surface area contributed by atoms with Crippen molar-refractivity contribution in [3.8, 4) is 5.75 Å². The molecule has 3 fully saturated rings. The van der Waals surface area contributed by atoms with E-state index < -0.39 is 5.97 Å². The monoisotopic (exact) mass is 385 g/mol. The Morgan fingerprint density at radius 2 is 1.52 bits per heavy atom. The molecule has 5 aliphatic rings. The lowest BCUT2D eigenvalue weighted by atomic mass is 9.63. The van der Waals surface area contributed by atoms with Gasteiger partial charge in [-0.15, -0.1) is 0 Å². The molecule has 0 unspecified atom stereocenters. The van der Waals surface area contributed by atoms with Crippen molar-refractivity contribution in [2.24, 2.45) is 35.5 Å². The van der Waals surface area contributed by atoms with E-state index >= 15 is 0 Å². The Balaban J connectivity index is 1.29. The zero-order valence-electron chi connectivity index (χ0n) is 15.6. The van der Waals surface area contributed by atoms with Crippen LogP contribution in [0.3, 0.4) is 0 Å². The van der Waals surface area contributed by atoms with Crippen molar-refractivity contribution in [3.05, 3.63) is 72.3 Å². The highest BCUT2D eigenvalue weighted by Gasteiger charge is 2.67. The Morgan fingerprint density at radius 3 is 2.17 bits per heavy atom. The van der Waals surface area contributed by atoms with E-state index in [1.54, 1.807) is 48.5 Å². The van der Waals surface area contributed by atoms with Crippen LogP contribution in [0.15, 0.2) is 66.7 Å². The average molecular weight is 385 g/mol. The van der Waals surface area contributed by atoms with E-state index in [1.165, 1.54) is 4.90 Å². The third-order valence-corrected chi connectivity index (χ3v) is 6.96. The van der Waals surface area contributed by atoms with Crippen LogP contribution in [0.25, 0.3) is 0 Å². The number of esters is 1. The summed E-state index contributed by atoms with van der Waals surface area (Å²) < 4.78 is 5.47. The second-order valence-corrected chi connectivity index (χ2v) is 8.42. The number of benzene rings is 2. The summed E-state index contributed by atoms with van der Waals surface area (Å²) in [5, 5.41) is 0. The lowest BCUT2D eigenvalue weighted by Gasteiger charge is -2.37. The highest BCUT2D eigenvalue weighted by atomic mass is 16.5. The van der Waals surface area contributed by atoms with Gasteiger partial charge in [-0.05, 0) is 54.4 Å². The van der Waals surface area contributed by atoms with Gasteiger partial charge < -0.3 is 4.74 Å². The fraction of sp³-hybridized carbons (Fsp3) is 0.292. The number of nitrogens with zero attached hydrogens (tertiary/aromatic N) is 1. The molecule has 2 aromatic carbocycles. The van der Waals surface area contributed by atoms with Crippen LogP contribution in [0.2, 0.25) is 0 Å². The van der Waals surface area contributed by atoms with Crippen molar-refractivity contribution >= 4 is 23.5 Å².